The second kappa shape index (κ2) is 6.13. The topological polar surface area (TPSA) is 36.3 Å². The third-order valence-electron chi connectivity index (χ3n) is 4.69. The molecule has 1 aromatic heterocycles. The Bertz CT molecular complexity index is 608. The van der Waals surface area contributed by atoms with Crippen molar-refractivity contribution in [3.8, 4) is 17.1 Å². The van der Waals surface area contributed by atoms with E-state index in [0.29, 0.717) is 12.1 Å². The van der Waals surface area contributed by atoms with Crippen molar-refractivity contribution in [3.63, 3.8) is 0 Å². The fraction of sp³-hybridized carbons (Fsp3) is 0.500. The lowest BCUT2D eigenvalue weighted by molar-refractivity contribution is 0.187. The van der Waals surface area contributed by atoms with E-state index < -0.39 is 0 Å². The molecule has 4 heteroatoms. The SMILES string of the molecule is c1cn(C2CCOC2)c(-c2ccc(OC3CCCC3)cc2)n1. The summed E-state index contributed by atoms with van der Waals surface area (Å²) in [6.07, 6.45) is 10.4. The zero-order chi connectivity index (χ0) is 14.8. The van der Waals surface area contributed by atoms with Crippen LogP contribution in [0.5, 0.6) is 5.75 Å². The van der Waals surface area contributed by atoms with E-state index >= 15 is 0 Å². The third kappa shape index (κ3) is 2.75. The molecular formula is C18H22N2O2. The van der Waals surface area contributed by atoms with Crippen molar-refractivity contribution in [2.24, 2.45) is 0 Å². The van der Waals surface area contributed by atoms with Gasteiger partial charge in [0.15, 0.2) is 0 Å². The summed E-state index contributed by atoms with van der Waals surface area (Å²) in [7, 11) is 0. The molecule has 1 unspecified atom stereocenters. The highest BCUT2D eigenvalue weighted by molar-refractivity contribution is 5.57. The Morgan fingerprint density at radius 2 is 1.91 bits per heavy atom. The Morgan fingerprint density at radius 3 is 2.64 bits per heavy atom. The van der Waals surface area contributed by atoms with Crippen LogP contribution in [0.15, 0.2) is 36.7 Å². The largest absolute Gasteiger partial charge is 0.490 e. The van der Waals surface area contributed by atoms with Crippen LogP contribution in [-0.2, 0) is 4.74 Å². The number of nitrogens with zero attached hydrogens (tertiary/aromatic N) is 2. The van der Waals surface area contributed by atoms with Gasteiger partial charge in [-0.3, -0.25) is 0 Å². The molecule has 0 radical (unpaired) electrons. The minimum Gasteiger partial charge on any atom is -0.490 e. The summed E-state index contributed by atoms with van der Waals surface area (Å²) in [4.78, 5) is 4.53. The number of rotatable bonds is 4. The zero-order valence-electron chi connectivity index (χ0n) is 12.8. The molecule has 1 aromatic carbocycles. The van der Waals surface area contributed by atoms with Crippen molar-refractivity contribution < 1.29 is 9.47 Å². The van der Waals surface area contributed by atoms with Crippen LogP contribution >= 0.6 is 0 Å². The molecule has 0 amide bonds. The van der Waals surface area contributed by atoms with Gasteiger partial charge in [-0.15, -0.1) is 0 Å². The molecule has 4 nitrogen and oxygen atoms in total. The second-order valence-corrected chi connectivity index (χ2v) is 6.22. The molecule has 2 aromatic rings. The minimum atomic E-state index is 0.406. The number of hydrogen-bond acceptors (Lipinski definition) is 3. The first kappa shape index (κ1) is 13.8. The van der Waals surface area contributed by atoms with Crippen LogP contribution in [0, 0.1) is 0 Å². The predicted molar refractivity (Wildman–Crippen MR) is 85.0 cm³/mol. The van der Waals surface area contributed by atoms with Gasteiger partial charge in [0.25, 0.3) is 0 Å². The quantitative estimate of drug-likeness (QED) is 0.860. The van der Waals surface area contributed by atoms with Gasteiger partial charge in [-0.1, -0.05) is 0 Å². The van der Waals surface area contributed by atoms with E-state index in [1.807, 2.05) is 6.20 Å². The predicted octanol–water partition coefficient (Wildman–Crippen LogP) is 3.83. The number of imidazole rings is 1. The van der Waals surface area contributed by atoms with Gasteiger partial charge in [0.2, 0.25) is 0 Å². The highest BCUT2D eigenvalue weighted by atomic mass is 16.5. The number of aromatic nitrogens is 2. The van der Waals surface area contributed by atoms with Crippen LogP contribution in [0.4, 0.5) is 0 Å². The molecular weight excluding hydrogens is 276 g/mol. The molecule has 116 valence electrons. The Hall–Kier alpha value is -1.81. The maximum absolute atomic E-state index is 6.03. The van der Waals surface area contributed by atoms with Crippen LogP contribution < -0.4 is 4.74 Å². The molecule has 0 N–H and O–H groups in total. The van der Waals surface area contributed by atoms with Crippen molar-refractivity contribution in [2.75, 3.05) is 13.2 Å². The summed E-state index contributed by atoms with van der Waals surface area (Å²) in [5, 5.41) is 0. The van der Waals surface area contributed by atoms with E-state index in [0.717, 1.165) is 36.8 Å². The molecule has 1 saturated heterocycles. The number of hydrogen-bond donors (Lipinski definition) is 0. The Morgan fingerprint density at radius 1 is 1.09 bits per heavy atom. The van der Waals surface area contributed by atoms with Crippen LogP contribution in [0.3, 0.4) is 0 Å². The van der Waals surface area contributed by atoms with Gasteiger partial charge in [0.05, 0.1) is 18.8 Å². The van der Waals surface area contributed by atoms with Crippen LogP contribution in [0.2, 0.25) is 0 Å². The fourth-order valence-electron chi connectivity index (χ4n) is 3.45. The van der Waals surface area contributed by atoms with Crippen LogP contribution in [0.1, 0.15) is 38.1 Å². The maximum Gasteiger partial charge on any atom is 0.140 e. The highest BCUT2D eigenvalue weighted by Gasteiger charge is 2.21. The van der Waals surface area contributed by atoms with Gasteiger partial charge < -0.3 is 14.0 Å². The van der Waals surface area contributed by atoms with Crippen molar-refractivity contribution >= 4 is 0 Å². The normalized spacial score (nSPS) is 22.3. The number of ether oxygens (including phenoxy) is 2. The van der Waals surface area contributed by atoms with E-state index in [2.05, 4.69) is 40.0 Å². The van der Waals surface area contributed by atoms with Gasteiger partial charge in [-0.05, 0) is 56.4 Å². The molecule has 1 saturated carbocycles. The molecule has 0 spiro atoms. The second-order valence-electron chi connectivity index (χ2n) is 6.22. The lowest BCUT2D eigenvalue weighted by Crippen LogP contribution is -2.11. The Kier molecular flexibility index (Phi) is 3.85. The summed E-state index contributed by atoms with van der Waals surface area (Å²) in [6, 6.07) is 8.76. The van der Waals surface area contributed by atoms with Gasteiger partial charge >= 0.3 is 0 Å². The molecule has 2 aliphatic rings. The van der Waals surface area contributed by atoms with Gasteiger partial charge in [-0.25, -0.2) is 4.98 Å². The molecule has 2 fully saturated rings. The first-order valence-electron chi connectivity index (χ1n) is 8.28. The van der Waals surface area contributed by atoms with Crippen LogP contribution in [-0.4, -0.2) is 28.9 Å². The Labute approximate surface area is 131 Å². The van der Waals surface area contributed by atoms with Crippen molar-refractivity contribution in [1.29, 1.82) is 0 Å². The standard InChI is InChI=1S/C18H22N2O2/c1-2-4-16(3-1)22-17-7-5-14(6-8-17)18-19-10-11-20(18)15-9-12-21-13-15/h5-8,10-11,15-16H,1-4,9,12-13H2. The molecule has 2 heterocycles. The van der Waals surface area contributed by atoms with Crippen molar-refractivity contribution in [3.05, 3.63) is 36.7 Å². The zero-order valence-corrected chi connectivity index (χ0v) is 12.8. The maximum atomic E-state index is 6.03. The molecule has 22 heavy (non-hydrogen) atoms. The van der Waals surface area contributed by atoms with E-state index in [1.165, 1.54) is 25.7 Å². The van der Waals surface area contributed by atoms with Crippen LogP contribution in [0.25, 0.3) is 11.4 Å². The first-order valence-corrected chi connectivity index (χ1v) is 8.28. The lowest BCUT2D eigenvalue weighted by Gasteiger charge is -2.15. The molecule has 1 atom stereocenters. The van der Waals surface area contributed by atoms with E-state index in [9.17, 15) is 0 Å². The minimum absolute atomic E-state index is 0.406. The third-order valence-corrected chi connectivity index (χ3v) is 4.69. The Balaban J connectivity index is 1.52. The van der Waals surface area contributed by atoms with Crippen molar-refractivity contribution in [2.45, 2.75) is 44.2 Å². The molecule has 1 aliphatic heterocycles. The molecule has 1 aliphatic carbocycles. The van der Waals surface area contributed by atoms with Crippen molar-refractivity contribution in [1.82, 2.24) is 9.55 Å². The summed E-state index contributed by atoms with van der Waals surface area (Å²) in [6.45, 7) is 1.63. The average molecular weight is 298 g/mol. The lowest BCUT2D eigenvalue weighted by atomic mass is 10.2. The average Bonchev–Trinajstić information content (AvgIpc) is 3.30. The van der Waals surface area contributed by atoms with E-state index in [4.69, 9.17) is 9.47 Å². The van der Waals surface area contributed by atoms with Gasteiger partial charge in [-0.2, -0.15) is 0 Å². The summed E-state index contributed by atoms with van der Waals surface area (Å²) in [5.41, 5.74) is 1.13. The summed E-state index contributed by atoms with van der Waals surface area (Å²) >= 11 is 0. The monoisotopic (exact) mass is 298 g/mol. The number of benzene rings is 1. The summed E-state index contributed by atoms with van der Waals surface area (Å²) < 4.78 is 13.8. The first-order chi connectivity index (χ1) is 10.9. The van der Waals surface area contributed by atoms with Gasteiger partial charge in [0, 0.05) is 24.6 Å². The molecule has 4 rings (SSSR count). The molecule has 0 bridgehead atoms. The smallest absolute Gasteiger partial charge is 0.140 e. The van der Waals surface area contributed by atoms with Gasteiger partial charge in [0.1, 0.15) is 11.6 Å². The fourth-order valence-corrected chi connectivity index (χ4v) is 3.45. The van der Waals surface area contributed by atoms with E-state index in [-0.39, 0.29) is 0 Å². The highest BCUT2D eigenvalue weighted by Crippen LogP contribution is 2.29. The summed E-state index contributed by atoms with van der Waals surface area (Å²) in [5.74, 6) is 1.99. The van der Waals surface area contributed by atoms with E-state index in [1.54, 1.807) is 0 Å².